The zero-order valence-corrected chi connectivity index (χ0v) is 20.0. The summed E-state index contributed by atoms with van der Waals surface area (Å²) >= 11 is 1.57. The number of oxazole rings is 1. The highest BCUT2D eigenvalue weighted by Crippen LogP contribution is 2.44. The molecule has 6 rings (SSSR count). The van der Waals surface area contributed by atoms with Gasteiger partial charge in [-0.05, 0) is 25.8 Å². The Balaban J connectivity index is 1.24. The summed E-state index contributed by atoms with van der Waals surface area (Å²) < 4.78 is 13.5. The van der Waals surface area contributed by atoms with Gasteiger partial charge in [-0.15, -0.1) is 0 Å². The second-order valence-electron chi connectivity index (χ2n) is 8.91. The Hall–Kier alpha value is -3.35. The van der Waals surface area contributed by atoms with Crippen LogP contribution < -0.4 is 10.2 Å². The molecule has 1 saturated carbocycles. The molecule has 1 atom stereocenters. The van der Waals surface area contributed by atoms with Gasteiger partial charge in [-0.3, -0.25) is 9.48 Å². The van der Waals surface area contributed by atoms with Crippen molar-refractivity contribution in [3.63, 3.8) is 0 Å². The smallest absolute Gasteiger partial charge is 0.277 e. The maximum absolute atomic E-state index is 13.0. The number of anilines is 2. The quantitative estimate of drug-likeness (QED) is 0.397. The number of pyridine rings is 1. The molecule has 0 aromatic carbocycles. The van der Waals surface area contributed by atoms with Crippen molar-refractivity contribution < 1.29 is 19.1 Å². The number of aliphatic hydroxyl groups excluding tert-OH is 1. The number of nitrogens with zero attached hydrogens (tertiary/aromatic N) is 6. The van der Waals surface area contributed by atoms with Crippen LogP contribution in [0, 0.1) is 0 Å². The number of carbonyl (C=O) groups is 1. The lowest BCUT2D eigenvalue weighted by molar-refractivity contribution is 0.102. The second-order valence-corrected chi connectivity index (χ2v) is 9.91. The first kappa shape index (κ1) is 22.1. The van der Waals surface area contributed by atoms with Crippen LogP contribution in [0.25, 0.3) is 21.8 Å². The van der Waals surface area contributed by atoms with E-state index in [-0.39, 0.29) is 11.6 Å². The molecular formula is C23H25N7O4S. The van der Waals surface area contributed by atoms with E-state index in [9.17, 15) is 9.90 Å². The van der Waals surface area contributed by atoms with E-state index in [1.165, 1.54) is 6.26 Å². The molecule has 2 fully saturated rings. The van der Waals surface area contributed by atoms with Crippen molar-refractivity contribution >= 4 is 38.4 Å². The fraction of sp³-hybridized carbons (Fsp3) is 0.435. The lowest BCUT2D eigenvalue weighted by atomic mass is 10.2. The summed E-state index contributed by atoms with van der Waals surface area (Å²) in [5, 5.41) is 17.6. The number of morpholine rings is 1. The molecule has 1 amide bonds. The van der Waals surface area contributed by atoms with Crippen molar-refractivity contribution in [1.29, 1.82) is 0 Å². The average molecular weight is 496 g/mol. The van der Waals surface area contributed by atoms with Gasteiger partial charge < -0.3 is 24.5 Å². The predicted octanol–water partition coefficient (Wildman–Crippen LogP) is 2.89. The normalized spacial score (nSPS) is 17.1. The van der Waals surface area contributed by atoms with Crippen LogP contribution in [0.15, 0.2) is 29.1 Å². The van der Waals surface area contributed by atoms with Gasteiger partial charge in [-0.25, -0.2) is 9.97 Å². The Kier molecular flexibility index (Phi) is 5.71. The molecular weight excluding hydrogens is 470 g/mol. The van der Waals surface area contributed by atoms with E-state index in [2.05, 4.69) is 20.3 Å². The van der Waals surface area contributed by atoms with Crippen molar-refractivity contribution in [2.45, 2.75) is 38.3 Å². The minimum absolute atomic E-state index is 0.170. The number of nitrogens with one attached hydrogen (secondary N) is 1. The van der Waals surface area contributed by atoms with Crippen LogP contribution in [0.3, 0.4) is 0 Å². The van der Waals surface area contributed by atoms with Crippen molar-refractivity contribution in [3.05, 3.63) is 36.1 Å². The zero-order valence-electron chi connectivity index (χ0n) is 19.2. The minimum Gasteiger partial charge on any atom is -0.444 e. The fourth-order valence-electron chi connectivity index (χ4n) is 4.07. The number of thiazole rings is 1. The van der Waals surface area contributed by atoms with Crippen LogP contribution >= 0.6 is 11.3 Å². The lowest BCUT2D eigenvalue weighted by Crippen LogP contribution is -2.36. The molecule has 2 aliphatic rings. The summed E-state index contributed by atoms with van der Waals surface area (Å²) in [6.45, 7) is 5.06. The summed E-state index contributed by atoms with van der Waals surface area (Å²) in [7, 11) is 0. The molecule has 0 spiro atoms. The van der Waals surface area contributed by atoms with Crippen LogP contribution in [0.4, 0.5) is 10.8 Å². The van der Waals surface area contributed by atoms with Crippen molar-refractivity contribution in [1.82, 2.24) is 24.7 Å². The molecule has 35 heavy (non-hydrogen) atoms. The molecule has 4 aromatic heterocycles. The molecule has 182 valence electrons. The predicted molar refractivity (Wildman–Crippen MR) is 130 cm³/mol. The second kappa shape index (κ2) is 9.02. The van der Waals surface area contributed by atoms with Crippen LogP contribution in [-0.2, 0) is 11.3 Å². The van der Waals surface area contributed by atoms with E-state index in [0.717, 1.165) is 41.5 Å². The summed E-state index contributed by atoms with van der Waals surface area (Å²) in [6.07, 6.45) is 6.22. The van der Waals surface area contributed by atoms with E-state index in [0.29, 0.717) is 48.5 Å². The van der Waals surface area contributed by atoms with Gasteiger partial charge in [0.15, 0.2) is 16.5 Å². The Labute approximate surface area is 204 Å². The Morgan fingerprint density at radius 2 is 2.11 bits per heavy atom. The number of aromatic nitrogens is 5. The topological polar surface area (TPSA) is 131 Å². The highest BCUT2D eigenvalue weighted by atomic mass is 32.1. The number of hydrogen-bond acceptors (Lipinski definition) is 10. The molecule has 11 nitrogen and oxygen atoms in total. The van der Waals surface area contributed by atoms with Crippen LogP contribution in [-0.4, -0.2) is 68.2 Å². The Morgan fingerprint density at radius 3 is 2.89 bits per heavy atom. The van der Waals surface area contributed by atoms with E-state index < -0.39 is 6.10 Å². The van der Waals surface area contributed by atoms with E-state index >= 15 is 0 Å². The third kappa shape index (κ3) is 4.64. The Bertz CT molecular complexity index is 1370. The Morgan fingerprint density at radius 1 is 1.29 bits per heavy atom. The van der Waals surface area contributed by atoms with Crippen LogP contribution in [0.2, 0.25) is 0 Å². The fourth-order valence-corrected chi connectivity index (χ4v) is 5.07. The van der Waals surface area contributed by atoms with Gasteiger partial charge in [0.2, 0.25) is 5.89 Å². The molecule has 0 bridgehead atoms. The molecule has 5 heterocycles. The molecule has 1 aliphatic carbocycles. The number of rotatable bonds is 7. The van der Waals surface area contributed by atoms with E-state index in [1.54, 1.807) is 35.3 Å². The number of hydrogen-bond donors (Lipinski definition) is 2. The van der Waals surface area contributed by atoms with Gasteiger partial charge in [-0.2, -0.15) is 10.1 Å². The van der Waals surface area contributed by atoms with E-state index in [1.807, 2.05) is 6.07 Å². The van der Waals surface area contributed by atoms with Gasteiger partial charge in [-0.1, -0.05) is 11.3 Å². The minimum atomic E-state index is -0.524. The van der Waals surface area contributed by atoms with Crippen LogP contribution in [0.5, 0.6) is 0 Å². The highest BCUT2D eigenvalue weighted by molar-refractivity contribution is 7.22. The molecule has 4 aromatic rings. The maximum atomic E-state index is 13.0. The van der Waals surface area contributed by atoms with Gasteiger partial charge in [0.25, 0.3) is 5.91 Å². The monoisotopic (exact) mass is 495 g/mol. The lowest BCUT2D eigenvalue weighted by Gasteiger charge is -2.25. The first-order valence-electron chi connectivity index (χ1n) is 11.7. The van der Waals surface area contributed by atoms with Crippen molar-refractivity contribution in [2.24, 2.45) is 0 Å². The van der Waals surface area contributed by atoms with Gasteiger partial charge in [0, 0.05) is 25.2 Å². The largest absolute Gasteiger partial charge is 0.444 e. The standard InChI is InChI=1S/C23H25N7O4S/c1-13(31)10-30-11-15(9-24-30)22-26-17(12-34-22)21(32)25-16-8-18-20(27-19(16)14-2-3-14)28-23(35-18)29-4-6-33-7-5-29/h8-9,11-14,31H,2-7,10H2,1H3,(H,25,32). The summed E-state index contributed by atoms with van der Waals surface area (Å²) in [5.74, 6) is 0.258. The van der Waals surface area contributed by atoms with E-state index in [4.69, 9.17) is 19.1 Å². The third-order valence-electron chi connectivity index (χ3n) is 5.96. The highest BCUT2D eigenvalue weighted by Gasteiger charge is 2.30. The van der Waals surface area contributed by atoms with Crippen molar-refractivity contribution in [3.8, 4) is 11.5 Å². The molecule has 2 N–H and O–H groups in total. The zero-order chi connectivity index (χ0) is 23.9. The number of carbonyl (C=O) groups excluding carboxylic acids is 1. The van der Waals surface area contributed by atoms with Gasteiger partial charge in [0.1, 0.15) is 6.26 Å². The molecule has 1 aliphatic heterocycles. The number of amides is 1. The number of fused-ring (bicyclic) bond motifs is 1. The first-order chi connectivity index (χ1) is 17.0. The molecule has 0 radical (unpaired) electrons. The summed E-state index contributed by atoms with van der Waals surface area (Å²) in [4.78, 5) is 29.2. The maximum Gasteiger partial charge on any atom is 0.277 e. The number of aliphatic hydroxyl groups is 1. The molecule has 1 unspecified atom stereocenters. The average Bonchev–Trinajstić information content (AvgIpc) is 3.22. The van der Waals surface area contributed by atoms with Gasteiger partial charge in [0.05, 0.1) is 53.7 Å². The van der Waals surface area contributed by atoms with Gasteiger partial charge >= 0.3 is 0 Å². The van der Waals surface area contributed by atoms with Crippen molar-refractivity contribution in [2.75, 3.05) is 36.5 Å². The number of ether oxygens (including phenoxy) is 1. The third-order valence-corrected chi connectivity index (χ3v) is 7.02. The first-order valence-corrected chi connectivity index (χ1v) is 12.5. The molecule has 1 saturated heterocycles. The SMILES string of the molecule is CC(O)Cn1cc(-c2nc(C(=O)Nc3cc4sc(N5CCOCC5)nc4nc3C3CC3)co2)cn1. The van der Waals surface area contributed by atoms with Crippen LogP contribution in [0.1, 0.15) is 41.9 Å². The summed E-state index contributed by atoms with van der Waals surface area (Å²) in [5.41, 5.74) is 3.08. The molecule has 12 heteroatoms. The summed E-state index contributed by atoms with van der Waals surface area (Å²) in [6, 6.07) is 1.97.